The Balaban J connectivity index is 1.80. The van der Waals surface area contributed by atoms with Gasteiger partial charge in [0.2, 0.25) is 0 Å². The van der Waals surface area contributed by atoms with Gasteiger partial charge in [0.15, 0.2) is 5.76 Å². The average molecular weight is 367 g/mol. The predicted molar refractivity (Wildman–Crippen MR) is 101 cm³/mol. The minimum Gasteiger partial charge on any atom is -0.461 e. The van der Waals surface area contributed by atoms with E-state index in [1.54, 1.807) is 6.26 Å². The van der Waals surface area contributed by atoms with E-state index >= 15 is 0 Å². The van der Waals surface area contributed by atoms with Gasteiger partial charge in [0.25, 0.3) is 0 Å². The molecular formula is C20H12Cl2N2O. The molecule has 0 fully saturated rings. The SMILES string of the molecule is Clc1cccc2c1CN=C(c1occ3cccc(Cl)c13)c1cccn1-2. The lowest BCUT2D eigenvalue weighted by Gasteiger charge is -2.11. The van der Waals surface area contributed by atoms with Gasteiger partial charge >= 0.3 is 0 Å². The van der Waals surface area contributed by atoms with Gasteiger partial charge in [-0.15, -0.1) is 0 Å². The molecule has 1 aliphatic rings. The lowest BCUT2D eigenvalue weighted by Crippen LogP contribution is -2.08. The van der Waals surface area contributed by atoms with E-state index in [1.165, 1.54) is 0 Å². The molecule has 3 heterocycles. The molecular weight excluding hydrogens is 355 g/mol. The molecule has 0 bridgehead atoms. The second-order valence-electron chi connectivity index (χ2n) is 5.93. The first kappa shape index (κ1) is 14.8. The van der Waals surface area contributed by atoms with Gasteiger partial charge in [-0.05, 0) is 30.3 Å². The number of hydrogen-bond donors (Lipinski definition) is 0. The van der Waals surface area contributed by atoms with Crippen molar-refractivity contribution in [2.75, 3.05) is 0 Å². The number of aliphatic imine (C=N–C) groups is 1. The maximum atomic E-state index is 6.44. The molecule has 2 aromatic heterocycles. The van der Waals surface area contributed by atoms with Crippen LogP contribution in [0.5, 0.6) is 0 Å². The standard InChI is InChI=1S/C20H12Cl2N2O/c21-14-5-2-7-16-13(14)10-23-19(17-8-3-9-24(16)17)20-18-12(11-25-20)4-1-6-15(18)22/h1-9,11H,10H2. The highest BCUT2D eigenvalue weighted by atomic mass is 35.5. The van der Waals surface area contributed by atoms with Crippen LogP contribution in [0.3, 0.4) is 0 Å². The molecule has 3 nitrogen and oxygen atoms in total. The fourth-order valence-electron chi connectivity index (χ4n) is 3.37. The van der Waals surface area contributed by atoms with Crippen LogP contribution in [0.1, 0.15) is 17.0 Å². The quantitative estimate of drug-likeness (QED) is 0.413. The van der Waals surface area contributed by atoms with Crippen molar-refractivity contribution in [2.45, 2.75) is 6.54 Å². The number of rotatable bonds is 1. The molecule has 0 atom stereocenters. The molecule has 2 aromatic carbocycles. The van der Waals surface area contributed by atoms with Crippen LogP contribution >= 0.6 is 23.2 Å². The summed E-state index contributed by atoms with van der Waals surface area (Å²) in [6.07, 6.45) is 3.73. The van der Waals surface area contributed by atoms with Gasteiger partial charge in [-0.25, -0.2) is 0 Å². The average Bonchev–Trinajstić information content (AvgIpc) is 3.22. The molecule has 0 saturated carbocycles. The van der Waals surface area contributed by atoms with E-state index in [2.05, 4.69) is 10.6 Å². The topological polar surface area (TPSA) is 30.4 Å². The van der Waals surface area contributed by atoms with Gasteiger partial charge in [0.05, 0.1) is 29.2 Å². The van der Waals surface area contributed by atoms with Crippen LogP contribution in [0.2, 0.25) is 10.0 Å². The summed E-state index contributed by atoms with van der Waals surface area (Å²) in [5, 5.41) is 3.21. The maximum absolute atomic E-state index is 6.44. The lowest BCUT2D eigenvalue weighted by atomic mass is 10.1. The van der Waals surface area contributed by atoms with Crippen molar-refractivity contribution in [3.05, 3.63) is 88.1 Å². The maximum Gasteiger partial charge on any atom is 0.163 e. The van der Waals surface area contributed by atoms with Gasteiger partial charge in [0.1, 0.15) is 5.71 Å². The monoisotopic (exact) mass is 366 g/mol. The largest absolute Gasteiger partial charge is 0.461 e. The second kappa shape index (κ2) is 5.51. The Bertz CT molecular complexity index is 1150. The summed E-state index contributed by atoms with van der Waals surface area (Å²) in [4.78, 5) is 4.83. The number of aromatic nitrogens is 1. The third-order valence-corrected chi connectivity index (χ3v) is 5.20. The van der Waals surface area contributed by atoms with Crippen molar-refractivity contribution in [1.82, 2.24) is 4.57 Å². The lowest BCUT2D eigenvalue weighted by molar-refractivity contribution is 0.562. The van der Waals surface area contributed by atoms with E-state index in [0.29, 0.717) is 22.4 Å². The molecule has 0 N–H and O–H groups in total. The van der Waals surface area contributed by atoms with Gasteiger partial charge in [-0.3, -0.25) is 4.99 Å². The molecule has 25 heavy (non-hydrogen) atoms. The molecule has 0 aliphatic carbocycles. The Hall–Kier alpha value is -2.49. The van der Waals surface area contributed by atoms with Crippen molar-refractivity contribution in [1.29, 1.82) is 0 Å². The third-order valence-electron chi connectivity index (χ3n) is 4.53. The number of benzene rings is 2. The van der Waals surface area contributed by atoms with Crippen LogP contribution in [0.4, 0.5) is 0 Å². The van der Waals surface area contributed by atoms with Crippen LogP contribution in [0.15, 0.2) is 70.4 Å². The Morgan fingerprint density at radius 2 is 1.80 bits per heavy atom. The minimum atomic E-state index is 0.485. The predicted octanol–water partition coefficient (Wildman–Crippen LogP) is 5.88. The smallest absolute Gasteiger partial charge is 0.163 e. The highest BCUT2D eigenvalue weighted by Gasteiger charge is 2.23. The zero-order valence-electron chi connectivity index (χ0n) is 13.0. The number of hydrogen-bond acceptors (Lipinski definition) is 2. The summed E-state index contributed by atoms with van der Waals surface area (Å²) in [5.74, 6) is 0.685. The van der Waals surface area contributed by atoms with Gasteiger partial charge in [0, 0.05) is 27.6 Å². The summed E-state index contributed by atoms with van der Waals surface area (Å²) in [6.45, 7) is 0.485. The van der Waals surface area contributed by atoms with Crippen LogP contribution in [0, 0.1) is 0 Å². The summed E-state index contributed by atoms with van der Waals surface area (Å²) in [5.41, 5.74) is 3.77. The van der Waals surface area contributed by atoms with Crippen molar-refractivity contribution in [3.63, 3.8) is 0 Å². The van der Waals surface area contributed by atoms with E-state index in [4.69, 9.17) is 32.6 Å². The summed E-state index contributed by atoms with van der Waals surface area (Å²) < 4.78 is 7.98. The number of halogens is 2. The van der Waals surface area contributed by atoms with Gasteiger partial charge < -0.3 is 8.98 Å². The molecule has 0 saturated heterocycles. The Morgan fingerprint density at radius 3 is 2.72 bits per heavy atom. The number of nitrogens with zero attached hydrogens (tertiary/aromatic N) is 2. The Kier molecular flexibility index (Phi) is 3.27. The van der Waals surface area contributed by atoms with Crippen molar-refractivity contribution >= 4 is 39.7 Å². The first-order chi connectivity index (χ1) is 12.2. The van der Waals surface area contributed by atoms with E-state index in [-0.39, 0.29) is 0 Å². The number of furan rings is 1. The zero-order valence-corrected chi connectivity index (χ0v) is 14.6. The van der Waals surface area contributed by atoms with E-state index in [9.17, 15) is 0 Å². The third kappa shape index (κ3) is 2.16. The molecule has 0 unspecified atom stereocenters. The summed E-state index contributed by atoms with van der Waals surface area (Å²) in [7, 11) is 0. The normalized spacial score (nSPS) is 13.3. The Morgan fingerprint density at radius 1 is 0.960 bits per heavy atom. The van der Waals surface area contributed by atoms with Crippen LogP contribution in [-0.4, -0.2) is 10.3 Å². The van der Waals surface area contributed by atoms with E-state index in [1.807, 2.05) is 48.7 Å². The molecule has 0 amide bonds. The molecule has 5 heteroatoms. The fraction of sp³-hybridized carbons (Fsp3) is 0.0500. The van der Waals surface area contributed by atoms with Gasteiger partial charge in [-0.2, -0.15) is 0 Å². The van der Waals surface area contributed by atoms with Crippen molar-refractivity contribution in [3.8, 4) is 5.69 Å². The molecule has 0 radical (unpaired) electrons. The molecule has 4 aromatic rings. The first-order valence-corrected chi connectivity index (χ1v) is 8.65. The van der Waals surface area contributed by atoms with E-state index in [0.717, 1.165) is 33.4 Å². The fourth-order valence-corrected chi connectivity index (χ4v) is 3.87. The Labute approximate surface area is 154 Å². The molecule has 5 rings (SSSR count). The zero-order chi connectivity index (χ0) is 17.0. The van der Waals surface area contributed by atoms with E-state index < -0.39 is 0 Å². The highest BCUT2D eigenvalue weighted by molar-refractivity contribution is 6.37. The molecule has 0 spiro atoms. The summed E-state index contributed by atoms with van der Waals surface area (Å²) in [6, 6.07) is 15.7. The first-order valence-electron chi connectivity index (χ1n) is 7.90. The second-order valence-corrected chi connectivity index (χ2v) is 6.75. The molecule has 1 aliphatic heterocycles. The van der Waals surface area contributed by atoms with Gasteiger partial charge in [-0.1, -0.05) is 41.4 Å². The molecule has 122 valence electrons. The van der Waals surface area contributed by atoms with Crippen LogP contribution in [-0.2, 0) is 6.54 Å². The van der Waals surface area contributed by atoms with Crippen LogP contribution in [0.25, 0.3) is 16.5 Å². The highest BCUT2D eigenvalue weighted by Crippen LogP contribution is 2.34. The number of fused-ring (bicyclic) bond motifs is 4. The van der Waals surface area contributed by atoms with Crippen molar-refractivity contribution < 1.29 is 4.42 Å². The van der Waals surface area contributed by atoms with Crippen molar-refractivity contribution in [2.24, 2.45) is 4.99 Å². The minimum absolute atomic E-state index is 0.485. The van der Waals surface area contributed by atoms with Crippen LogP contribution < -0.4 is 0 Å². The summed E-state index contributed by atoms with van der Waals surface area (Å²) >= 11 is 12.9.